The molecule has 1 saturated heterocycles. The van der Waals surface area contributed by atoms with Crippen LogP contribution in [-0.4, -0.2) is 40.9 Å². The maximum absolute atomic E-state index is 15.4. The lowest BCUT2D eigenvalue weighted by Crippen LogP contribution is -2.43. The zero-order chi connectivity index (χ0) is 26.1. The normalized spacial score (nSPS) is 13.8. The number of rotatable bonds is 6. The van der Waals surface area contributed by atoms with Gasteiger partial charge in [-0.15, -0.1) is 0 Å². The van der Waals surface area contributed by atoms with Crippen molar-refractivity contribution in [3.63, 3.8) is 0 Å². The van der Waals surface area contributed by atoms with Gasteiger partial charge in [-0.05, 0) is 35.4 Å². The largest absolute Gasteiger partial charge is 0.367 e. The summed E-state index contributed by atoms with van der Waals surface area (Å²) in [4.78, 5) is 20.1. The molecule has 1 fully saturated rings. The van der Waals surface area contributed by atoms with Gasteiger partial charge >= 0.3 is 0 Å². The van der Waals surface area contributed by atoms with Crippen LogP contribution in [0.15, 0.2) is 82.2 Å². The highest BCUT2D eigenvalue weighted by molar-refractivity contribution is 6.30. The molecule has 3 heterocycles. The molecular weight excluding hydrogens is 505 g/mol. The van der Waals surface area contributed by atoms with Gasteiger partial charge in [-0.1, -0.05) is 59.2 Å². The first-order valence-electron chi connectivity index (χ1n) is 12.5. The predicted octanol–water partition coefficient (Wildman–Crippen LogP) is 4.89. The molecule has 7 nitrogen and oxygen atoms in total. The van der Waals surface area contributed by atoms with Gasteiger partial charge in [0.1, 0.15) is 5.82 Å². The second-order valence-corrected chi connectivity index (χ2v) is 9.79. The van der Waals surface area contributed by atoms with Gasteiger partial charge in [0.25, 0.3) is 0 Å². The summed E-state index contributed by atoms with van der Waals surface area (Å²) in [6.07, 6.45) is 2.18. The SMILES string of the molecule is O=c1c(-c2noc(Cc3ccccc3)n2)cn(Cc2ccc(Cl)cc2)c2cc(N3CCNCC3)c(F)cc12. The van der Waals surface area contributed by atoms with Crippen LogP contribution in [0.5, 0.6) is 0 Å². The van der Waals surface area contributed by atoms with E-state index in [1.807, 2.05) is 64.1 Å². The smallest absolute Gasteiger partial charge is 0.231 e. The van der Waals surface area contributed by atoms with Crippen LogP contribution >= 0.6 is 11.6 Å². The predicted molar refractivity (Wildman–Crippen MR) is 146 cm³/mol. The van der Waals surface area contributed by atoms with E-state index in [1.54, 1.807) is 12.3 Å². The number of fused-ring (bicyclic) bond motifs is 1. The lowest BCUT2D eigenvalue weighted by molar-refractivity contribution is 0.385. The Labute approximate surface area is 223 Å². The highest BCUT2D eigenvalue weighted by Gasteiger charge is 2.21. The molecule has 9 heteroatoms. The molecule has 1 aliphatic heterocycles. The van der Waals surface area contributed by atoms with E-state index in [9.17, 15) is 4.79 Å². The summed E-state index contributed by atoms with van der Waals surface area (Å²) in [7, 11) is 0. The summed E-state index contributed by atoms with van der Waals surface area (Å²) in [5, 5.41) is 8.29. The van der Waals surface area contributed by atoms with Gasteiger partial charge in [-0.2, -0.15) is 4.98 Å². The van der Waals surface area contributed by atoms with Gasteiger partial charge in [0.15, 0.2) is 0 Å². The maximum Gasteiger partial charge on any atom is 0.231 e. The van der Waals surface area contributed by atoms with Crippen molar-refractivity contribution >= 4 is 28.2 Å². The van der Waals surface area contributed by atoms with Crippen LogP contribution in [0.2, 0.25) is 5.02 Å². The monoisotopic (exact) mass is 529 g/mol. The highest BCUT2D eigenvalue weighted by atomic mass is 35.5. The molecule has 0 saturated carbocycles. The van der Waals surface area contributed by atoms with Gasteiger partial charge in [0.05, 0.1) is 23.2 Å². The topological polar surface area (TPSA) is 76.2 Å². The molecule has 3 aromatic carbocycles. The Hall–Kier alpha value is -4.01. The minimum Gasteiger partial charge on any atom is -0.367 e. The Kier molecular flexibility index (Phi) is 6.66. The van der Waals surface area contributed by atoms with E-state index in [0.717, 1.165) is 24.2 Å². The first kappa shape index (κ1) is 24.3. The van der Waals surface area contributed by atoms with E-state index in [4.69, 9.17) is 16.1 Å². The summed E-state index contributed by atoms with van der Waals surface area (Å²) >= 11 is 6.09. The number of piperazine rings is 1. The second-order valence-electron chi connectivity index (χ2n) is 9.36. The first-order valence-corrected chi connectivity index (χ1v) is 12.9. The summed E-state index contributed by atoms with van der Waals surface area (Å²) in [6, 6.07) is 20.4. The minimum atomic E-state index is -0.426. The summed E-state index contributed by atoms with van der Waals surface area (Å²) in [5.41, 5.74) is 3.03. The lowest BCUT2D eigenvalue weighted by atomic mass is 10.1. The number of nitrogens with zero attached hydrogens (tertiary/aromatic N) is 4. The number of halogens is 2. The Morgan fingerprint density at radius 1 is 1.00 bits per heavy atom. The fraction of sp³-hybridized carbons (Fsp3) is 0.207. The Morgan fingerprint density at radius 2 is 1.76 bits per heavy atom. The molecule has 192 valence electrons. The molecule has 0 spiro atoms. The van der Waals surface area contributed by atoms with E-state index in [1.165, 1.54) is 6.07 Å². The van der Waals surface area contributed by atoms with E-state index in [0.29, 0.717) is 48.2 Å². The van der Waals surface area contributed by atoms with Crippen LogP contribution < -0.4 is 15.6 Å². The molecule has 38 heavy (non-hydrogen) atoms. The molecule has 5 aromatic rings. The number of anilines is 1. The molecule has 6 rings (SSSR count). The maximum atomic E-state index is 15.4. The van der Waals surface area contributed by atoms with Gasteiger partial charge in [0.2, 0.25) is 17.1 Å². The molecular formula is C29H25ClFN5O2. The van der Waals surface area contributed by atoms with E-state index in [2.05, 4.69) is 15.5 Å². The molecule has 0 bridgehead atoms. The third-order valence-electron chi connectivity index (χ3n) is 6.78. The van der Waals surface area contributed by atoms with Crippen LogP contribution in [0.25, 0.3) is 22.3 Å². The highest BCUT2D eigenvalue weighted by Crippen LogP contribution is 2.28. The van der Waals surface area contributed by atoms with E-state index in [-0.39, 0.29) is 22.2 Å². The van der Waals surface area contributed by atoms with Crippen molar-refractivity contribution in [2.45, 2.75) is 13.0 Å². The van der Waals surface area contributed by atoms with Gasteiger partial charge < -0.3 is 19.3 Å². The van der Waals surface area contributed by atoms with Gasteiger partial charge in [0, 0.05) is 49.3 Å². The Balaban J connectivity index is 1.46. The molecule has 1 N–H and O–H groups in total. The van der Waals surface area contributed by atoms with Gasteiger partial charge in [-0.25, -0.2) is 4.39 Å². The fourth-order valence-corrected chi connectivity index (χ4v) is 4.96. The molecule has 1 aliphatic rings. The van der Waals surface area contributed by atoms with Crippen molar-refractivity contribution in [2.75, 3.05) is 31.1 Å². The fourth-order valence-electron chi connectivity index (χ4n) is 4.83. The molecule has 0 unspecified atom stereocenters. The van der Waals surface area contributed by atoms with Crippen molar-refractivity contribution < 1.29 is 8.91 Å². The molecule has 0 radical (unpaired) electrons. The van der Waals surface area contributed by atoms with E-state index < -0.39 is 5.82 Å². The quantitative estimate of drug-likeness (QED) is 0.337. The third-order valence-corrected chi connectivity index (χ3v) is 7.03. The first-order chi connectivity index (χ1) is 18.5. The van der Waals surface area contributed by atoms with Crippen molar-refractivity contribution in [1.82, 2.24) is 20.0 Å². The number of benzene rings is 3. The third kappa shape index (κ3) is 4.92. The lowest BCUT2D eigenvalue weighted by Gasteiger charge is -2.30. The van der Waals surface area contributed by atoms with Crippen molar-refractivity contribution in [3.05, 3.63) is 111 Å². The molecule has 0 aliphatic carbocycles. The van der Waals surface area contributed by atoms with Gasteiger partial charge in [-0.3, -0.25) is 4.79 Å². The number of hydrogen-bond donors (Lipinski definition) is 1. The molecule has 0 atom stereocenters. The van der Waals surface area contributed by atoms with Crippen LogP contribution in [0.1, 0.15) is 17.0 Å². The Bertz CT molecular complexity index is 1640. The van der Waals surface area contributed by atoms with Crippen molar-refractivity contribution in [1.29, 1.82) is 0 Å². The van der Waals surface area contributed by atoms with Crippen molar-refractivity contribution in [2.24, 2.45) is 0 Å². The minimum absolute atomic E-state index is 0.180. The second kappa shape index (κ2) is 10.4. The zero-order valence-corrected chi connectivity index (χ0v) is 21.3. The zero-order valence-electron chi connectivity index (χ0n) is 20.5. The Morgan fingerprint density at radius 3 is 2.53 bits per heavy atom. The summed E-state index contributed by atoms with van der Waals surface area (Å²) in [6.45, 7) is 3.38. The number of hydrogen-bond acceptors (Lipinski definition) is 6. The van der Waals surface area contributed by atoms with Crippen LogP contribution in [0.4, 0.5) is 10.1 Å². The van der Waals surface area contributed by atoms with Crippen LogP contribution in [0, 0.1) is 5.82 Å². The molecule has 0 amide bonds. The summed E-state index contributed by atoms with van der Waals surface area (Å²) in [5.74, 6) is 0.152. The average Bonchev–Trinajstić information content (AvgIpc) is 3.40. The number of pyridine rings is 1. The van der Waals surface area contributed by atoms with Crippen LogP contribution in [0.3, 0.4) is 0 Å². The average molecular weight is 530 g/mol. The number of aromatic nitrogens is 3. The number of nitrogens with one attached hydrogen (secondary N) is 1. The van der Waals surface area contributed by atoms with E-state index >= 15 is 4.39 Å². The van der Waals surface area contributed by atoms with Crippen LogP contribution in [-0.2, 0) is 13.0 Å². The van der Waals surface area contributed by atoms with Crippen molar-refractivity contribution in [3.8, 4) is 11.4 Å². The summed E-state index contributed by atoms with van der Waals surface area (Å²) < 4.78 is 22.8. The molecule has 2 aromatic heterocycles. The standard InChI is InChI=1S/C29H25ClFN5O2/c30-21-8-6-20(7-9-21)17-36-18-23(29-33-27(38-34-29)14-19-4-2-1-3-5-19)28(37)22-15-24(31)26(16-25(22)36)35-12-10-32-11-13-35/h1-9,15-16,18,32H,10-14,17H2.